The molecule has 1 aliphatic heterocycles. The lowest BCUT2D eigenvalue weighted by atomic mass is 10.1. The van der Waals surface area contributed by atoms with Gasteiger partial charge in [0, 0.05) is 30.1 Å². The molecule has 5 heteroatoms. The molecule has 2 heterocycles. The fourth-order valence-corrected chi connectivity index (χ4v) is 2.65. The van der Waals surface area contributed by atoms with Gasteiger partial charge in [0.25, 0.3) is 0 Å². The van der Waals surface area contributed by atoms with Gasteiger partial charge in [-0.3, -0.25) is 4.79 Å². The number of rotatable bonds is 3. The lowest BCUT2D eigenvalue weighted by molar-refractivity contribution is -0.137. The SMILES string of the molecule is COc1ccc2c(CC(=O)N3CCO[C@H](C)C3)coc2c1. The van der Waals surface area contributed by atoms with Crippen molar-refractivity contribution in [3.05, 3.63) is 30.0 Å². The minimum absolute atomic E-state index is 0.105. The normalized spacial score (nSPS) is 19.0. The summed E-state index contributed by atoms with van der Waals surface area (Å²) < 4.78 is 16.2. The lowest BCUT2D eigenvalue weighted by Crippen LogP contribution is -2.45. The third kappa shape index (κ3) is 2.88. The van der Waals surface area contributed by atoms with E-state index in [9.17, 15) is 4.79 Å². The summed E-state index contributed by atoms with van der Waals surface area (Å²) in [4.78, 5) is 14.2. The van der Waals surface area contributed by atoms with E-state index in [1.165, 1.54) is 0 Å². The first-order valence-corrected chi connectivity index (χ1v) is 7.11. The molecule has 112 valence electrons. The molecule has 1 atom stereocenters. The van der Waals surface area contributed by atoms with Gasteiger partial charge >= 0.3 is 0 Å². The smallest absolute Gasteiger partial charge is 0.227 e. The van der Waals surface area contributed by atoms with Crippen molar-refractivity contribution in [1.82, 2.24) is 4.90 Å². The van der Waals surface area contributed by atoms with Crippen LogP contribution < -0.4 is 4.74 Å². The van der Waals surface area contributed by atoms with E-state index >= 15 is 0 Å². The van der Waals surface area contributed by atoms with Gasteiger partial charge in [-0.05, 0) is 19.1 Å². The Morgan fingerprint density at radius 2 is 2.33 bits per heavy atom. The zero-order valence-electron chi connectivity index (χ0n) is 12.3. The number of hydrogen-bond acceptors (Lipinski definition) is 4. The number of nitrogens with zero attached hydrogens (tertiary/aromatic N) is 1. The summed E-state index contributed by atoms with van der Waals surface area (Å²) in [6.45, 7) is 3.91. The van der Waals surface area contributed by atoms with Gasteiger partial charge in [-0.25, -0.2) is 0 Å². The predicted octanol–water partition coefficient (Wildman–Crippen LogP) is 2.23. The van der Waals surface area contributed by atoms with Crippen molar-refractivity contribution in [3.63, 3.8) is 0 Å². The number of carbonyl (C=O) groups is 1. The van der Waals surface area contributed by atoms with Crippen LogP contribution in [0.1, 0.15) is 12.5 Å². The fraction of sp³-hybridized carbons (Fsp3) is 0.438. The third-order valence-corrected chi connectivity index (χ3v) is 3.80. The summed E-state index contributed by atoms with van der Waals surface area (Å²) in [5, 5.41) is 0.963. The summed E-state index contributed by atoms with van der Waals surface area (Å²) in [6, 6.07) is 5.64. The molecule has 0 unspecified atom stereocenters. The molecule has 0 spiro atoms. The number of amides is 1. The Morgan fingerprint density at radius 1 is 1.48 bits per heavy atom. The molecule has 1 aromatic carbocycles. The summed E-state index contributed by atoms with van der Waals surface area (Å²) in [5.74, 6) is 0.861. The van der Waals surface area contributed by atoms with Crippen LogP contribution in [0.5, 0.6) is 5.75 Å². The van der Waals surface area contributed by atoms with Crippen molar-refractivity contribution in [3.8, 4) is 5.75 Å². The maximum atomic E-state index is 12.4. The highest BCUT2D eigenvalue weighted by atomic mass is 16.5. The number of fused-ring (bicyclic) bond motifs is 1. The zero-order valence-corrected chi connectivity index (χ0v) is 12.3. The van der Waals surface area contributed by atoms with Crippen LogP contribution in [0.15, 0.2) is 28.9 Å². The molecule has 0 saturated carbocycles. The second-order valence-electron chi connectivity index (χ2n) is 5.32. The average Bonchev–Trinajstić information content (AvgIpc) is 2.89. The van der Waals surface area contributed by atoms with Gasteiger partial charge in [0.15, 0.2) is 0 Å². The number of benzene rings is 1. The summed E-state index contributed by atoms with van der Waals surface area (Å²) >= 11 is 0. The molecule has 1 amide bonds. The Kier molecular flexibility index (Phi) is 3.84. The van der Waals surface area contributed by atoms with Crippen LogP contribution in [0.3, 0.4) is 0 Å². The fourth-order valence-electron chi connectivity index (χ4n) is 2.65. The Labute approximate surface area is 123 Å². The molecule has 1 aromatic heterocycles. The van der Waals surface area contributed by atoms with Gasteiger partial charge in [0.2, 0.25) is 5.91 Å². The Morgan fingerprint density at radius 3 is 3.10 bits per heavy atom. The monoisotopic (exact) mass is 289 g/mol. The molecule has 21 heavy (non-hydrogen) atoms. The second kappa shape index (κ2) is 5.77. The van der Waals surface area contributed by atoms with E-state index in [1.54, 1.807) is 13.4 Å². The van der Waals surface area contributed by atoms with E-state index in [2.05, 4.69) is 0 Å². The first kappa shape index (κ1) is 13.9. The van der Waals surface area contributed by atoms with Gasteiger partial charge in [-0.1, -0.05) is 0 Å². The van der Waals surface area contributed by atoms with Crippen LogP contribution in [0.4, 0.5) is 0 Å². The largest absolute Gasteiger partial charge is 0.497 e. The number of morpholine rings is 1. The molecular formula is C16H19NO4. The number of hydrogen-bond donors (Lipinski definition) is 0. The van der Waals surface area contributed by atoms with Crippen LogP contribution in [-0.4, -0.2) is 43.7 Å². The summed E-state index contributed by atoms with van der Waals surface area (Å²) in [6.07, 6.45) is 2.12. The molecule has 3 rings (SSSR count). The van der Waals surface area contributed by atoms with E-state index in [0.717, 1.165) is 22.3 Å². The van der Waals surface area contributed by atoms with Gasteiger partial charge < -0.3 is 18.8 Å². The summed E-state index contributed by atoms with van der Waals surface area (Å²) in [5.41, 5.74) is 1.66. The van der Waals surface area contributed by atoms with Crippen molar-refractivity contribution in [2.45, 2.75) is 19.4 Å². The minimum atomic E-state index is 0.105. The highest BCUT2D eigenvalue weighted by molar-refractivity contribution is 5.88. The van der Waals surface area contributed by atoms with E-state index in [0.29, 0.717) is 26.1 Å². The first-order chi connectivity index (χ1) is 10.2. The molecule has 1 saturated heterocycles. The highest BCUT2D eigenvalue weighted by Gasteiger charge is 2.22. The summed E-state index contributed by atoms with van der Waals surface area (Å²) in [7, 11) is 1.62. The Bertz CT molecular complexity index is 649. The van der Waals surface area contributed by atoms with Crippen LogP contribution in [0.2, 0.25) is 0 Å². The zero-order chi connectivity index (χ0) is 14.8. The minimum Gasteiger partial charge on any atom is -0.497 e. The van der Waals surface area contributed by atoms with E-state index in [1.807, 2.05) is 30.0 Å². The van der Waals surface area contributed by atoms with Crippen molar-refractivity contribution >= 4 is 16.9 Å². The Balaban J connectivity index is 1.76. The number of methoxy groups -OCH3 is 1. The Hall–Kier alpha value is -2.01. The van der Waals surface area contributed by atoms with Gasteiger partial charge in [-0.2, -0.15) is 0 Å². The van der Waals surface area contributed by atoms with E-state index < -0.39 is 0 Å². The topological polar surface area (TPSA) is 51.9 Å². The molecule has 1 aliphatic rings. The average molecular weight is 289 g/mol. The number of furan rings is 1. The molecule has 0 aliphatic carbocycles. The van der Waals surface area contributed by atoms with Crippen molar-refractivity contribution in [1.29, 1.82) is 0 Å². The number of carbonyl (C=O) groups excluding carboxylic acids is 1. The van der Waals surface area contributed by atoms with Crippen LogP contribution in [-0.2, 0) is 16.0 Å². The molecule has 0 radical (unpaired) electrons. The van der Waals surface area contributed by atoms with Gasteiger partial charge in [0.1, 0.15) is 11.3 Å². The molecule has 0 N–H and O–H groups in total. The standard InChI is InChI=1S/C16H19NO4/c1-11-9-17(5-6-20-11)16(18)7-12-10-21-15-8-13(19-2)3-4-14(12)15/h3-4,8,10-11H,5-7,9H2,1-2H3/t11-/m1/s1. The maximum absolute atomic E-state index is 12.4. The number of ether oxygens (including phenoxy) is 2. The van der Waals surface area contributed by atoms with Crippen molar-refractivity contribution < 1.29 is 18.7 Å². The molecular weight excluding hydrogens is 270 g/mol. The molecule has 0 bridgehead atoms. The molecule has 1 fully saturated rings. The van der Waals surface area contributed by atoms with Crippen molar-refractivity contribution in [2.75, 3.05) is 26.8 Å². The highest BCUT2D eigenvalue weighted by Crippen LogP contribution is 2.26. The van der Waals surface area contributed by atoms with Crippen LogP contribution >= 0.6 is 0 Å². The van der Waals surface area contributed by atoms with Crippen molar-refractivity contribution in [2.24, 2.45) is 0 Å². The quantitative estimate of drug-likeness (QED) is 0.869. The maximum Gasteiger partial charge on any atom is 0.227 e. The third-order valence-electron chi connectivity index (χ3n) is 3.80. The van der Waals surface area contributed by atoms with Crippen LogP contribution in [0.25, 0.3) is 11.0 Å². The molecule has 2 aromatic rings. The predicted molar refractivity (Wildman–Crippen MR) is 78.5 cm³/mol. The molecule has 5 nitrogen and oxygen atoms in total. The van der Waals surface area contributed by atoms with Gasteiger partial charge in [-0.15, -0.1) is 0 Å². The van der Waals surface area contributed by atoms with Crippen LogP contribution in [0, 0.1) is 0 Å². The van der Waals surface area contributed by atoms with E-state index in [-0.39, 0.29) is 12.0 Å². The second-order valence-corrected chi connectivity index (χ2v) is 5.32. The van der Waals surface area contributed by atoms with E-state index in [4.69, 9.17) is 13.9 Å². The van der Waals surface area contributed by atoms with Gasteiger partial charge in [0.05, 0.1) is 32.5 Å². The first-order valence-electron chi connectivity index (χ1n) is 7.11. The lowest BCUT2D eigenvalue weighted by Gasteiger charge is -2.31.